The van der Waals surface area contributed by atoms with Crippen LogP contribution in [0.25, 0.3) is 10.1 Å². The van der Waals surface area contributed by atoms with Gasteiger partial charge in [-0.25, -0.2) is 4.39 Å². The molecule has 0 aliphatic rings. The number of thiophene rings is 1. The summed E-state index contributed by atoms with van der Waals surface area (Å²) < 4.78 is 25.3. The lowest BCUT2D eigenvalue weighted by Gasteiger charge is -2.17. The van der Waals surface area contributed by atoms with E-state index >= 15 is 0 Å². The van der Waals surface area contributed by atoms with Crippen molar-refractivity contribution in [2.24, 2.45) is 0 Å². The topological polar surface area (TPSA) is 47.6 Å². The predicted octanol–water partition coefficient (Wildman–Crippen LogP) is 5.98. The number of hydrogen-bond acceptors (Lipinski definition) is 4. The fourth-order valence-electron chi connectivity index (χ4n) is 2.87. The Hall–Kier alpha value is -2.31. The summed E-state index contributed by atoms with van der Waals surface area (Å²) in [5.74, 6) is 0.647. The van der Waals surface area contributed by atoms with Gasteiger partial charge in [0.15, 0.2) is 11.5 Å². The van der Waals surface area contributed by atoms with Crippen LogP contribution in [-0.2, 0) is 0 Å². The molecule has 7 heteroatoms. The third kappa shape index (κ3) is 4.23. The van der Waals surface area contributed by atoms with Gasteiger partial charge in [-0.3, -0.25) is 4.79 Å². The Kier molecular flexibility index (Phi) is 6.42. The van der Waals surface area contributed by atoms with Crippen LogP contribution in [-0.4, -0.2) is 19.1 Å². The van der Waals surface area contributed by atoms with E-state index in [9.17, 15) is 9.18 Å². The van der Waals surface area contributed by atoms with Gasteiger partial charge in [0, 0.05) is 10.1 Å². The monoisotopic (exact) mass is 421 g/mol. The summed E-state index contributed by atoms with van der Waals surface area (Å²) in [7, 11) is 0. The van der Waals surface area contributed by atoms with Gasteiger partial charge in [-0.15, -0.1) is 11.3 Å². The van der Waals surface area contributed by atoms with Crippen LogP contribution < -0.4 is 14.8 Å². The van der Waals surface area contributed by atoms with Crippen molar-refractivity contribution in [2.45, 2.75) is 26.8 Å². The minimum absolute atomic E-state index is 0.277. The second-order valence-corrected chi connectivity index (χ2v) is 7.58. The molecular weight excluding hydrogens is 401 g/mol. The summed E-state index contributed by atoms with van der Waals surface area (Å²) in [6.07, 6.45) is 0. The third-order valence-corrected chi connectivity index (χ3v) is 5.87. The predicted molar refractivity (Wildman–Crippen MR) is 111 cm³/mol. The highest BCUT2D eigenvalue weighted by Gasteiger charge is 2.20. The molecule has 0 spiro atoms. The van der Waals surface area contributed by atoms with E-state index in [0.717, 1.165) is 5.56 Å². The molecule has 1 amide bonds. The third-order valence-electron chi connectivity index (χ3n) is 4.21. The lowest BCUT2D eigenvalue weighted by Crippen LogP contribution is -2.26. The van der Waals surface area contributed by atoms with Gasteiger partial charge in [0.05, 0.1) is 24.3 Å². The molecule has 0 bridgehead atoms. The summed E-state index contributed by atoms with van der Waals surface area (Å²) >= 11 is 7.52. The number of fused-ring (bicyclic) bond motifs is 1. The van der Waals surface area contributed by atoms with E-state index in [1.54, 1.807) is 6.07 Å². The molecular formula is C21H21ClFNO3S. The van der Waals surface area contributed by atoms with E-state index in [1.165, 1.54) is 23.5 Å². The van der Waals surface area contributed by atoms with E-state index in [2.05, 4.69) is 5.32 Å². The Bertz CT molecular complexity index is 1000. The van der Waals surface area contributed by atoms with Crippen molar-refractivity contribution in [3.63, 3.8) is 0 Å². The van der Waals surface area contributed by atoms with Crippen LogP contribution in [0.1, 0.15) is 42.0 Å². The lowest BCUT2D eigenvalue weighted by atomic mass is 10.1. The van der Waals surface area contributed by atoms with Crippen LogP contribution in [0.5, 0.6) is 11.5 Å². The first-order valence-corrected chi connectivity index (χ1v) is 10.2. The molecule has 2 aromatic carbocycles. The van der Waals surface area contributed by atoms with Gasteiger partial charge >= 0.3 is 0 Å². The first kappa shape index (κ1) is 20.4. The van der Waals surface area contributed by atoms with Crippen molar-refractivity contribution in [3.8, 4) is 11.5 Å². The zero-order chi connectivity index (χ0) is 20.3. The number of carbonyl (C=O) groups excluding carboxylic acids is 1. The smallest absolute Gasteiger partial charge is 0.263 e. The maximum absolute atomic E-state index is 13.4. The fourth-order valence-corrected chi connectivity index (χ4v) is 4.31. The summed E-state index contributed by atoms with van der Waals surface area (Å²) in [4.78, 5) is 13.1. The molecule has 0 fully saturated rings. The highest BCUT2D eigenvalue weighted by molar-refractivity contribution is 7.21. The number of rotatable bonds is 7. The minimum atomic E-state index is -0.358. The van der Waals surface area contributed by atoms with Crippen LogP contribution in [0, 0.1) is 5.82 Å². The minimum Gasteiger partial charge on any atom is -0.490 e. The average Bonchev–Trinajstić information content (AvgIpc) is 2.99. The first-order valence-electron chi connectivity index (χ1n) is 9.02. The van der Waals surface area contributed by atoms with Crippen molar-refractivity contribution >= 4 is 38.9 Å². The quantitative estimate of drug-likeness (QED) is 0.510. The molecule has 0 aliphatic carbocycles. The Labute approximate surface area is 172 Å². The zero-order valence-electron chi connectivity index (χ0n) is 15.8. The standard InChI is InChI=1S/C21H21ClFNO3S/c1-4-26-16-9-6-13(10-17(16)27-5-2)12(3)24-21(25)20-19(22)15-8-7-14(23)11-18(15)28-20/h6-12H,4-5H2,1-3H3,(H,24,25). The van der Waals surface area contributed by atoms with E-state index in [-0.39, 0.29) is 17.8 Å². The Balaban J connectivity index is 1.82. The molecule has 0 radical (unpaired) electrons. The van der Waals surface area contributed by atoms with Gasteiger partial charge < -0.3 is 14.8 Å². The maximum Gasteiger partial charge on any atom is 0.263 e. The molecule has 1 unspecified atom stereocenters. The number of benzene rings is 2. The molecule has 0 saturated heterocycles. The largest absolute Gasteiger partial charge is 0.490 e. The highest BCUT2D eigenvalue weighted by Crippen LogP contribution is 2.36. The summed E-state index contributed by atoms with van der Waals surface area (Å²) in [6, 6.07) is 9.61. The normalized spacial score (nSPS) is 12.0. The van der Waals surface area contributed by atoms with Gasteiger partial charge in [-0.05, 0) is 56.7 Å². The molecule has 0 saturated carbocycles. The van der Waals surface area contributed by atoms with Crippen LogP contribution >= 0.6 is 22.9 Å². The molecule has 4 nitrogen and oxygen atoms in total. The molecule has 1 aromatic heterocycles. The molecule has 1 N–H and O–H groups in total. The maximum atomic E-state index is 13.4. The van der Waals surface area contributed by atoms with Crippen LogP contribution in [0.4, 0.5) is 4.39 Å². The van der Waals surface area contributed by atoms with E-state index in [1.807, 2.05) is 39.0 Å². The molecule has 28 heavy (non-hydrogen) atoms. The van der Waals surface area contributed by atoms with Crippen LogP contribution in [0.3, 0.4) is 0 Å². The van der Waals surface area contributed by atoms with E-state index in [0.29, 0.717) is 44.7 Å². The second-order valence-electron chi connectivity index (χ2n) is 6.15. The Morgan fingerprint density at radius 3 is 2.57 bits per heavy atom. The second kappa shape index (κ2) is 8.80. The number of hydrogen-bond donors (Lipinski definition) is 1. The molecule has 148 valence electrons. The van der Waals surface area contributed by atoms with Gasteiger partial charge in [0.25, 0.3) is 5.91 Å². The van der Waals surface area contributed by atoms with Crippen molar-refractivity contribution in [1.82, 2.24) is 5.32 Å². The first-order chi connectivity index (χ1) is 13.4. The molecule has 3 aromatic rings. The Morgan fingerprint density at radius 2 is 1.86 bits per heavy atom. The Morgan fingerprint density at radius 1 is 1.14 bits per heavy atom. The van der Waals surface area contributed by atoms with Gasteiger partial charge in [0.1, 0.15) is 10.7 Å². The number of ether oxygens (including phenoxy) is 2. The molecule has 3 rings (SSSR count). The van der Waals surface area contributed by atoms with Crippen molar-refractivity contribution in [2.75, 3.05) is 13.2 Å². The number of carbonyl (C=O) groups is 1. The van der Waals surface area contributed by atoms with E-state index < -0.39 is 0 Å². The molecule has 1 atom stereocenters. The average molecular weight is 422 g/mol. The molecule has 0 aliphatic heterocycles. The van der Waals surface area contributed by atoms with E-state index in [4.69, 9.17) is 21.1 Å². The fraction of sp³-hybridized carbons (Fsp3) is 0.286. The molecule has 1 heterocycles. The summed E-state index contributed by atoms with van der Waals surface area (Å²) in [5, 5.41) is 3.96. The van der Waals surface area contributed by atoms with Crippen LogP contribution in [0.2, 0.25) is 5.02 Å². The number of amides is 1. The summed E-state index contributed by atoms with van der Waals surface area (Å²) in [5.41, 5.74) is 0.878. The summed E-state index contributed by atoms with van der Waals surface area (Å²) in [6.45, 7) is 6.74. The highest BCUT2D eigenvalue weighted by atomic mass is 35.5. The lowest BCUT2D eigenvalue weighted by molar-refractivity contribution is 0.0944. The van der Waals surface area contributed by atoms with Crippen molar-refractivity contribution in [1.29, 1.82) is 0 Å². The SMILES string of the molecule is CCOc1ccc(C(C)NC(=O)c2sc3cc(F)ccc3c2Cl)cc1OCC. The van der Waals surface area contributed by atoms with Crippen molar-refractivity contribution < 1.29 is 18.7 Å². The van der Waals surface area contributed by atoms with Crippen LogP contribution in [0.15, 0.2) is 36.4 Å². The number of nitrogens with one attached hydrogen (secondary N) is 1. The zero-order valence-corrected chi connectivity index (χ0v) is 17.4. The van der Waals surface area contributed by atoms with Gasteiger partial charge in [0.2, 0.25) is 0 Å². The van der Waals surface area contributed by atoms with Gasteiger partial charge in [-0.2, -0.15) is 0 Å². The van der Waals surface area contributed by atoms with Crippen molar-refractivity contribution in [3.05, 3.63) is 57.7 Å². The van der Waals surface area contributed by atoms with Gasteiger partial charge in [-0.1, -0.05) is 17.7 Å². The number of halogens is 2.